The molecule has 0 N–H and O–H groups in total. The van der Waals surface area contributed by atoms with Gasteiger partial charge in [-0.3, -0.25) is 0 Å². The summed E-state index contributed by atoms with van der Waals surface area (Å²) in [5, 5.41) is 0. The van der Waals surface area contributed by atoms with Crippen LogP contribution in [0.5, 0.6) is 0 Å². The summed E-state index contributed by atoms with van der Waals surface area (Å²) in [7, 11) is -1.22. The van der Waals surface area contributed by atoms with Crippen LogP contribution in [-0.2, 0) is 4.43 Å². The molecule has 0 spiro atoms. The molecule has 11 heavy (non-hydrogen) atoms. The lowest BCUT2D eigenvalue weighted by Gasteiger charge is -2.16. The summed E-state index contributed by atoms with van der Waals surface area (Å²) in [5.41, 5.74) is 0. The van der Waals surface area contributed by atoms with Gasteiger partial charge in [0, 0.05) is 6.61 Å². The normalized spacial score (nSPS) is 12.0. The van der Waals surface area contributed by atoms with E-state index in [4.69, 9.17) is 4.43 Å². The van der Waals surface area contributed by atoms with Crippen LogP contribution in [0.1, 0.15) is 19.3 Å². The van der Waals surface area contributed by atoms with Gasteiger partial charge < -0.3 is 4.43 Å². The Morgan fingerprint density at radius 2 is 1.73 bits per heavy atom. The van der Waals surface area contributed by atoms with E-state index in [0.29, 0.717) is 0 Å². The van der Waals surface area contributed by atoms with Gasteiger partial charge in [-0.2, -0.15) is 0 Å². The minimum Gasteiger partial charge on any atom is -0.418 e. The topological polar surface area (TPSA) is 9.23 Å². The van der Waals surface area contributed by atoms with E-state index in [1.54, 1.807) is 0 Å². The molecule has 68 valence electrons. The van der Waals surface area contributed by atoms with Gasteiger partial charge in [-0.25, -0.2) is 0 Å². The summed E-state index contributed by atoms with van der Waals surface area (Å²) < 4.78 is 6.99. The van der Waals surface area contributed by atoms with Crippen molar-refractivity contribution in [1.82, 2.24) is 0 Å². The molecule has 0 fully saturated rings. The molecule has 0 aliphatic carbocycles. The van der Waals surface area contributed by atoms with Crippen LogP contribution in [0, 0.1) is 0 Å². The molecule has 0 unspecified atom stereocenters. The second kappa shape index (κ2) is 6.43. The molecule has 3 heteroatoms. The maximum Gasteiger partial charge on any atom is 0.183 e. The maximum absolute atomic E-state index is 5.71. The molecule has 0 aliphatic heterocycles. The van der Waals surface area contributed by atoms with E-state index in [-0.39, 0.29) is 0 Å². The summed E-state index contributed by atoms with van der Waals surface area (Å²) in [5.74, 6) is 0. The third kappa shape index (κ3) is 10.9. The van der Waals surface area contributed by atoms with Gasteiger partial charge in [0.2, 0.25) is 0 Å². The second-order valence-electron chi connectivity index (χ2n) is 3.71. The van der Waals surface area contributed by atoms with Crippen molar-refractivity contribution in [2.75, 3.05) is 11.0 Å². The van der Waals surface area contributed by atoms with Gasteiger partial charge in [0.15, 0.2) is 8.32 Å². The lowest BCUT2D eigenvalue weighted by Crippen LogP contribution is -2.25. The Hall–Kier alpha value is 0.907. The number of alkyl halides is 1. The monoisotopic (exact) mass is 286 g/mol. The highest BCUT2D eigenvalue weighted by molar-refractivity contribution is 14.1. The molecule has 0 rings (SSSR count). The number of hydrogen-bond acceptors (Lipinski definition) is 1. The predicted molar refractivity (Wildman–Crippen MR) is 62.0 cm³/mol. The zero-order valence-corrected chi connectivity index (χ0v) is 11.0. The average molecular weight is 286 g/mol. The molecule has 0 aromatic heterocycles. The van der Waals surface area contributed by atoms with Crippen molar-refractivity contribution < 1.29 is 4.43 Å². The van der Waals surface area contributed by atoms with E-state index in [1.165, 1.54) is 23.7 Å². The average Bonchev–Trinajstić information content (AvgIpc) is 1.85. The van der Waals surface area contributed by atoms with Crippen molar-refractivity contribution in [2.24, 2.45) is 0 Å². The smallest absolute Gasteiger partial charge is 0.183 e. The molecular formula is C8H19IOSi. The largest absolute Gasteiger partial charge is 0.418 e. The standard InChI is InChI=1S/C8H19IOSi/c1-11(2,3)10-8-6-4-5-7-9/h4-8H2,1-3H3. The summed E-state index contributed by atoms with van der Waals surface area (Å²) in [6.07, 6.45) is 3.91. The van der Waals surface area contributed by atoms with Gasteiger partial charge in [-0.15, -0.1) is 0 Å². The third-order valence-electron chi connectivity index (χ3n) is 1.31. The van der Waals surface area contributed by atoms with Gasteiger partial charge in [-0.05, 0) is 36.9 Å². The summed E-state index contributed by atoms with van der Waals surface area (Å²) in [4.78, 5) is 0. The minimum absolute atomic E-state index is 0.979. The molecular weight excluding hydrogens is 267 g/mol. The molecule has 0 saturated heterocycles. The first-order chi connectivity index (χ1) is 5.06. The Kier molecular flexibility index (Phi) is 6.96. The first-order valence-electron chi connectivity index (χ1n) is 4.26. The molecule has 0 amide bonds. The van der Waals surface area contributed by atoms with Crippen molar-refractivity contribution in [3.63, 3.8) is 0 Å². The molecule has 0 aromatic rings. The first kappa shape index (κ1) is 11.9. The lowest BCUT2D eigenvalue weighted by molar-refractivity contribution is 0.300. The fourth-order valence-electron chi connectivity index (χ4n) is 0.752. The molecule has 0 aromatic carbocycles. The van der Waals surface area contributed by atoms with Crippen LogP contribution >= 0.6 is 22.6 Å². The molecule has 0 aliphatic rings. The molecule has 0 heterocycles. The Morgan fingerprint density at radius 3 is 2.18 bits per heavy atom. The quantitative estimate of drug-likeness (QED) is 0.314. The van der Waals surface area contributed by atoms with E-state index >= 15 is 0 Å². The van der Waals surface area contributed by atoms with Crippen LogP contribution in [0.25, 0.3) is 0 Å². The van der Waals surface area contributed by atoms with Gasteiger partial charge in [0.1, 0.15) is 0 Å². The Bertz CT molecular complexity index is 90.6. The van der Waals surface area contributed by atoms with Crippen molar-refractivity contribution in [3.05, 3.63) is 0 Å². The summed E-state index contributed by atoms with van der Waals surface area (Å²) in [6, 6.07) is 0. The molecule has 0 atom stereocenters. The fraction of sp³-hybridized carbons (Fsp3) is 1.00. The van der Waals surface area contributed by atoms with Gasteiger partial charge >= 0.3 is 0 Å². The number of halogens is 1. The first-order valence-corrected chi connectivity index (χ1v) is 9.19. The maximum atomic E-state index is 5.71. The van der Waals surface area contributed by atoms with Gasteiger partial charge in [0.05, 0.1) is 0 Å². The molecule has 0 radical (unpaired) electrons. The number of hydrogen-bond donors (Lipinski definition) is 0. The van der Waals surface area contributed by atoms with Crippen molar-refractivity contribution in [3.8, 4) is 0 Å². The van der Waals surface area contributed by atoms with Gasteiger partial charge in [0.25, 0.3) is 0 Å². The van der Waals surface area contributed by atoms with Crippen molar-refractivity contribution >= 4 is 30.9 Å². The zero-order chi connectivity index (χ0) is 8.74. The Balaban J connectivity index is 3.02. The van der Waals surface area contributed by atoms with Crippen molar-refractivity contribution in [2.45, 2.75) is 38.9 Å². The molecule has 0 bridgehead atoms. The lowest BCUT2D eigenvalue weighted by atomic mass is 10.3. The van der Waals surface area contributed by atoms with Gasteiger partial charge in [-0.1, -0.05) is 29.0 Å². The third-order valence-corrected chi connectivity index (χ3v) is 3.15. The fourth-order valence-corrected chi connectivity index (χ4v) is 2.05. The molecule has 0 saturated carbocycles. The van der Waals surface area contributed by atoms with Crippen LogP contribution in [0.2, 0.25) is 19.6 Å². The SMILES string of the molecule is C[Si](C)(C)OCCCCCI. The van der Waals surface area contributed by atoms with Crippen LogP contribution in [0.4, 0.5) is 0 Å². The second-order valence-corrected chi connectivity index (χ2v) is 9.30. The van der Waals surface area contributed by atoms with E-state index in [2.05, 4.69) is 42.2 Å². The highest BCUT2D eigenvalue weighted by Gasteiger charge is 2.12. The van der Waals surface area contributed by atoms with E-state index in [1.807, 2.05) is 0 Å². The zero-order valence-electron chi connectivity index (χ0n) is 7.82. The number of unbranched alkanes of at least 4 members (excludes halogenated alkanes) is 2. The van der Waals surface area contributed by atoms with E-state index in [9.17, 15) is 0 Å². The van der Waals surface area contributed by atoms with Crippen molar-refractivity contribution in [1.29, 1.82) is 0 Å². The van der Waals surface area contributed by atoms with Crippen LogP contribution in [0.15, 0.2) is 0 Å². The number of rotatable bonds is 6. The van der Waals surface area contributed by atoms with E-state index in [0.717, 1.165) is 6.61 Å². The summed E-state index contributed by atoms with van der Waals surface area (Å²) >= 11 is 2.42. The van der Waals surface area contributed by atoms with Crippen LogP contribution in [0.3, 0.4) is 0 Å². The highest BCUT2D eigenvalue weighted by atomic mass is 127. The molecule has 1 nitrogen and oxygen atoms in total. The predicted octanol–water partition coefficient (Wildman–Crippen LogP) is 3.44. The van der Waals surface area contributed by atoms with Crippen LogP contribution < -0.4 is 0 Å². The Morgan fingerprint density at radius 1 is 1.09 bits per heavy atom. The van der Waals surface area contributed by atoms with E-state index < -0.39 is 8.32 Å². The highest BCUT2D eigenvalue weighted by Crippen LogP contribution is 2.05. The Labute approximate surface area is 85.2 Å². The minimum atomic E-state index is -1.22. The van der Waals surface area contributed by atoms with Crippen LogP contribution in [-0.4, -0.2) is 19.4 Å². The summed E-state index contributed by atoms with van der Waals surface area (Å²) in [6.45, 7) is 7.70.